The molecule has 4 atom stereocenters. The number of rotatable bonds is 10. The number of halogens is 2. The molecule has 1 heterocycles. The first-order valence-electron chi connectivity index (χ1n) is 13.4. The number of nitriles is 1. The van der Waals surface area contributed by atoms with Crippen molar-refractivity contribution in [2.24, 2.45) is 5.41 Å². The number of nitrogens with zero attached hydrogens (tertiary/aromatic N) is 2. The van der Waals surface area contributed by atoms with Crippen LogP contribution >= 0.6 is 23.2 Å². The van der Waals surface area contributed by atoms with Crippen LogP contribution in [0.4, 0.5) is 0 Å². The van der Waals surface area contributed by atoms with Gasteiger partial charge in [0.15, 0.2) is 0 Å². The van der Waals surface area contributed by atoms with Gasteiger partial charge in [-0.1, -0.05) is 54.4 Å². The summed E-state index contributed by atoms with van der Waals surface area (Å²) in [6.45, 7) is 3.53. The molecule has 0 spiro atoms. The van der Waals surface area contributed by atoms with Crippen LogP contribution < -0.4 is 4.72 Å². The molecule has 1 saturated heterocycles. The highest BCUT2D eigenvalue weighted by molar-refractivity contribution is 7.89. The molecule has 1 aliphatic rings. The number of carbonyl (C=O) groups is 2. The smallest absolute Gasteiger partial charge is 0.304 e. The van der Waals surface area contributed by atoms with Gasteiger partial charge in [0, 0.05) is 28.5 Å². The Hall–Kier alpha value is -3.42. The summed E-state index contributed by atoms with van der Waals surface area (Å²) in [6.07, 6.45) is 0.182. The van der Waals surface area contributed by atoms with Crippen molar-refractivity contribution >= 4 is 45.1 Å². The molecule has 0 aromatic heterocycles. The molecule has 8 nitrogen and oxygen atoms in total. The number of carbonyl (C=O) groups excluding carboxylic acids is 1. The van der Waals surface area contributed by atoms with Crippen LogP contribution in [0.25, 0.3) is 0 Å². The number of sulfonamides is 1. The second-order valence-corrected chi connectivity index (χ2v) is 13.5. The molecule has 1 amide bonds. The molecule has 0 saturated carbocycles. The van der Waals surface area contributed by atoms with Crippen LogP contribution in [0.1, 0.15) is 61.8 Å². The fourth-order valence-electron chi connectivity index (χ4n) is 5.70. The predicted octanol–water partition coefficient (Wildman–Crippen LogP) is 6.16. The zero-order chi connectivity index (χ0) is 30.7. The maximum absolute atomic E-state index is 14.2. The van der Waals surface area contributed by atoms with E-state index in [1.165, 1.54) is 24.3 Å². The number of hydrogen-bond donors (Lipinski definition) is 2. The van der Waals surface area contributed by atoms with Gasteiger partial charge in [-0.2, -0.15) is 5.26 Å². The summed E-state index contributed by atoms with van der Waals surface area (Å²) >= 11 is 12.6. The Morgan fingerprint density at radius 2 is 1.76 bits per heavy atom. The lowest BCUT2D eigenvalue weighted by Gasteiger charge is -2.51. The topological polar surface area (TPSA) is 128 Å². The van der Waals surface area contributed by atoms with Crippen molar-refractivity contribution in [3.8, 4) is 6.07 Å². The molecule has 1 fully saturated rings. The number of aliphatic carboxylic acids is 1. The fourth-order valence-corrected chi connectivity index (χ4v) is 7.07. The summed E-state index contributed by atoms with van der Waals surface area (Å²) in [6, 6.07) is 21.1. The van der Waals surface area contributed by atoms with Gasteiger partial charge in [0.05, 0.1) is 34.4 Å². The first kappa shape index (κ1) is 31.5. The molecule has 0 radical (unpaired) electrons. The molecule has 0 aliphatic carbocycles. The predicted molar refractivity (Wildman–Crippen MR) is 161 cm³/mol. The van der Waals surface area contributed by atoms with Gasteiger partial charge in [0.1, 0.15) is 0 Å². The molecule has 2 N–H and O–H groups in total. The Morgan fingerprint density at radius 3 is 2.36 bits per heavy atom. The molecule has 1 aliphatic heterocycles. The van der Waals surface area contributed by atoms with E-state index in [0.717, 1.165) is 11.1 Å². The minimum Gasteiger partial charge on any atom is -0.481 e. The highest BCUT2D eigenvalue weighted by atomic mass is 35.5. The second-order valence-electron chi connectivity index (χ2n) is 10.9. The lowest BCUT2D eigenvalue weighted by molar-refractivity contribution is -0.160. The maximum Gasteiger partial charge on any atom is 0.304 e. The van der Waals surface area contributed by atoms with E-state index in [-0.39, 0.29) is 42.5 Å². The van der Waals surface area contributed by atoms with Crippen LogP contribution in [0.3, 0.4) is 0 Å². The standard InChI is InChI=1S/C31H31Cl2N3O5S/c1-20(14-15-35-42(40,41)26-12-6-21(19-34)7-13-26)36-29(22-8-10-24(32)11-9-22)27(23-4-3-5-25(33)16-23)17-31(2,30(36)39)18-28(37)38/h3-13,16,20,27,29,35H,14-15,17-18H2,1-2H3,(H,37,38). The third-order valence-corrected chi connectivity index (χ3v) is 9.72. The van der Waals surface area contributed by atoms with E-state index in [2.05, 4.69) is 4.72 Å². The van der Waals surface area contributed by atoms with Crippen LogP contribution in [0, 0.1) is 16.7 Å². The molecular weight excluding hydrogens is 597 g/mol. The number of hydrogen-bond acceptors (Lipinski definition) is 5. The molecule has 4 unspecified atom stereocenters. The summed E-state index contributed by atoms with van der Waals surface area (Å²) in [5, 5.41) is 19.8. The molecule has 4 rings (SSSR count). The zero-order valence-electron chi connectivity index (χ0n) is 23.1. The quantitative estimate of drug-likeness (QED) is 0.277. The molecule has 42 heavy (non-hydrogen) atoms. The number of nitrogens with one attached hydrogen (secondary N) is 1. The summed E-state index contributed by atoms with van der Waals surface area (Å²) < 4.78 is 28.4. The second kappa shape index (κ2) is 12.8. The van der Waals surface area contributed by atoms with Crippen molar-refractivity contribution < 1.29 is 23.1 Å². The number of piperidine rings is 1. The van der Waals surface area contributed by atoms with Gasteiger partial charge in [0.25, 0.3) is 0 Å². The Bertz CT molecular complexity index is 1610. The largest absolute Gasteiger partial charge is 0.481 e. The third-order valence-electron chi connectivity index (χ3n) is 7.75. The Kier molecular flexibility index (Phi) is 9.63. The van der Waals surface area contributed by atoms with Crippen molar-refractivity contribution in [1.29, 1.82) is 5.26 Å². The summed E-state index contributed by atoms with van der Waals surface area (Å²) in [5.41, 5.74) is 0.821. The third kappa shape index (κ3) is 6.96. The fraction of sp³-hybridized carbons (Fsp3) is 0.323. The van der Waals surface area contributed by atoms with Crippen LogP contribution in [-0.4, -0.2) is 42.9 Å². The van der Waals surface area contributed by atoms with Crippen molar-refractivity contribution in [3.05, 3.63) is 99.5 Å². The summed E-state index contributed by atoms with van der Waals surface area (Å²) in [5.74, 6) is -1.70. The highest BCUT2D eigenvalue weighted by Crippen LogP contribution is 2.52. The van der Waals surface area contributed by atoms with Gasteiger partial charge in [-0.15, -0.1) is 0 Å². The maximum atomic E-state index is 14.2. The van der Waals surface area contributed by atoms with E-state index < -0.39 is 33.5 Å². The highest BCUT2D eigenvalue weighted by Gasteiger charge is 2.51. The number of amides is 1. The number of benzene rings is 3. The Morgan fingerprint density at radius 1 is 1.10 bits per heavy atom. The van der Waals surface area contributed by atoms with E-state index in [0.29, 0.717) is 15.6 Å². The zero-order valence-corrected chi connectivity index (χ0v) is 25.5. The molecule has 0 bridgehead atoms. The van der Waals surface area contributed by atoms with Crippen molar-refractivity contribution in [2.45, 2.75) is 56.0 Å². The molecule has 220 valence electrons. The molecule has 3 aromatic carbocycles. The van der Waals surface area contributed by atoms with E-state index >= 15 is 0 Å². The number of carboxylic acids is 1. The minimum absolute atomic E-state index is 0.0253. The SMILES string of the molecule is CC(CCNS(=O)(=O)c1ccc(C#N)cc1)N1C(=O)C(C)(CC(=O)O)CC(c2cccc(Cl)c2)C1c1ccc(Cl)cc1. The van der Waals surface area contributed by atoms with Crippen LogP contribution in [0.2, 0.25) is 10.0 Å². The van der Waals surface area contributed by atoms with Crippen molar-refractivity contribution in [1.82, 2.24) is 9.62 Å². The number of likely N-dealkylation sites (tertiary alicyclic amines) is 1. The first-order chi connectivity index (χ1) is 19.8. The molecule has 3 aromatic rings. The molecule has 11 heteroatoms. The van der Waals surface area contributed by atoms with E-state index in [1.54, 1.807) is 30.0 Å². The summed E-state index contributed by atoms with van der Waals surface area (Å²) in [7, 11) is -3.86. The van der Waals surface area contributed by atoms with Crippen LogP contribution in [-0.2, 0) is 19.6 Å². The van der Waals surface area contributed by atoms with Gasteiger partial charge in [-0.3, -0.25) is 9.59 Å². The van der Waals surface area contributed by atoms with Crippen molar-refractivity contribution in [2.75, 3.05) is 6.54 Å². The van der Waals surface area contributed by atoms with Gasteiger partial charge >= 0.3 is 5.97 Å². The van der Waals surface area contributed by atoms with E-state index in [1.807, 2.05) is 43.3 Å². The van der Waals surface area contributed by atoms with Gasteiger partial charge in [-0.05, 0) is 79.4 Å². The average molecular weight is 629 g/mol. The monoisotopic (exact) mass is 627 g/mol. The normalized spacial score (nSPS) is 21.5. The Balaban J connectivity index is 1.69. The lowest BCUT2D eigenvalue weighted by atomic mass is 9.67. The average Bonchev–Trinajstić information content (AvgIpc) is 2.94. The first-order valence-corrected chi connectivity index (χ1v) is 15.6. The summed E-state index contributed by atoms with van der Waals surface area (Å²) in [4.78, 5) is 27.9. The van der Waals surface area contributed by atoms with Gasteiger partial charge in [-0.25, -0.2) is 13.1 Å². The van der Waals surface area contributed by atoms with E-state index in [4.69, 9.17) is 28.5 Å². The lowest BCUT2D eigenvalue weighted by Crippen LogP contribution is -2.55. The van der Waals surface area contributed by atoms with E-state index in [9.17, 15) is 23.1 Å². The van der Waals surface area contributed by atoms with Gasteiger partial charge < -0.3 is 10.0 Å². The molecular formula is C31H31Cl2N3O5S. The van der Waals surface area contributed by atoms with Crippen molar-refractivity contribution in [3.63, 3.8) is 0 Å². The minimum atomic E-state index is -3.86. The van der Waals surface area contributed by atoms with Gasteiger partial charge in [0.2, 0.25) is 15.9 Å². The Labute approximate surface area is 255 Å². The number of carboxylic acid groups (broad SMARTS) is 1. The van der Waals surface area contributed by atoms with Crippen LogP contribution in [0.15, 0.2) is 77.7 Å². The van der Waals surface area contributed by atoms with Crippen LogP contribution in [0.5, 0.6) is 0 Å².